The van der Waals surface area contributed by atoms with Crippen molar-refractivity contribution in [3.8, 4) is 5.75 Å². The third kappa shape index (κ3) is 2.79. The van der Waals surface area contributed by atoms with Gasteiger partial charge in [-0.15, -0.1) is 0 Å². The van der Waals surface area contributed by atoms with Crippen LogP contribution < -0.4 is 4.74 Å². The second-order valence-corrected chi connectivity index (χ2v) is 4.57. The number of carbonyl (C=O) groups excluding carboxylic acids is 1. The highest BCUT2D eigenvalue weighted by Gasteiger charge is 2.24. The van der Waals surface area contributed by atoms with E-state index in [1.807, 2.05) is 30.3 Å². The molecule has 1 saturated carbocycles. The summed E-state index contributed by atoms with van der Waals surface area (Å²) in [5.41, 5.74) is 1.73. The number of carbonyl (C=O) groups is 1. The number of ether oxygens (including phenoxy) is 1. The molecule has 0 amide bonds. The van der Waals surface area contributed by atoms with Gasteiger partial charge in [0.15, 0.2) is 5.78 Å². The van der Waals surface area contributed by atoms with Crippen LogP contribution in [0.5, 0.6) is 5.75 Å². The first-order valence-electron chi connectivity index (χ1n) is 6.24. The first-order chi connectivity index (χ1) is 8.74. The number of hydrogen-bond donors (Lipinski definition) is 1. The smallest absolute Gasteiger partial charge is 0.159 e. The van der Waals surface area contributed by atoms with Crippen LogP contribution in [0.15, 0.2) is 29.8 Å². The van der Waals surface area contributed by atoms with Crippen molar-refractivity contribution in [3.05, 3.63) is 35.4 Å². The molecule has 18 heavy (non-hydrogen) atoms. The average Bonchev–Trinajstić information content (AvgIpc) is 2.42. The molecule has 1 aliphatic carbocycles. The fraction of sp³-hybridized carbons (Fsp3) is 0.400. The number of rotatable bonds is 3. The van der Waals surface area contributed by atoms with Crippen LogP contribution in [0.1, 0.15) is 24.8 Å². The second-order valence-electron chi connectivity index (χ2n) is 4.57. The maximum Gasteiger partial charge on any atom is 0.159 e. The summed E-state index contributed by atoms with van der Waals surface area (Å²) in [7, 11) is 1.62. The maximum atomic E-state index is 11.9. The normalized spacial score (nSPS) is 22.2. The number of Topliss-reactive ketones (excluding diaryl/α,β-unsaturated/α-hetero) is 1. The van der Waals surface area contributed by atoms with Crippen molar-refractivity contribution < 1.29 is 14.6 Å². The Balaban J connectivity index is 2.25. The van der Waals surface area contributed by atoms with Crippen LogP contribution in [0, 0.1) is 5.92 Å². The van der Waals surface area contributed by atoms with E-state index in [0.717, 1.165) is 29.7 Å². The van der Waals surface area contributed by atoms with E-state index in [2.05, 4.69) is 0 Å². The minimum Gasteiger partial charge on any atom is -0.497 e. The van der Waals surface area contributed by atoms with Gasteiger partial charge in [0, 0.05) is 17.9 Å². The van der Waals surface area contributed by atoms with Crippen LogP contribution in [-0.2, 0) is 4.79 Å². The Morgan fingerprint density at radius 3 is 2.72 bits per heavy atom. The van der Waals surface area contributed by atoms with E-state index >= 15 is 0 Å². The van der Waals surface area contributed by atoms with Gasteiger partial charge in [-0.1, -0.05) is 12.1 Å². The molecule has 1 aliphatic rings. The second kappa shape index (κ2) is 5.83. The molecule has 0 spiro atoms. The summed E-state index contributed by atoms with van der Waals surface area (Å²) in [4.78, 5) is 11.9. The molecule has 0 radical (unpaired) electrons. The maximum absolute atomic E-state index is 11.9. The molecule has 1 aromatic carbocycles. The molecule has 0 saturated heterocycles. The molecule has 0 heterocycles. The van der Waals surface area contributed by atoms with Crippen molar-refractivity contribution in [2.45, 2.75) is 19.3 Å². The van der Waals surface area contributed by atoms with Gasteiger partial charge in [-0.05, 0) is 36.6 Å². The average molecular weight is 246 g/mol. The number of benzene rings is 1. The third-order valence-corrected chi connectivity index (χ3v) is 3.38. The largest absolute Gasteiger partial charge is 0.497 e. The lowest BCUT2D eigenvalue weighted by atomic mass is 9.83. The van der Waals surface area contributed by atoms with Crippen LogP contribution in [-0.4, -0.2) is 24.6 Å². The van der Waals surface area contributed by atoms with E-state index in [1.54, 1.807) is 7.11 Å². The zero-order valence-electron chi connectivity index (χ0n) is 10.6. The third-order valence-electron chi connectivity index (χ3n) is 3.38. The van der Waals surface area contributed by atoms with Gasteiger partial charge in [0.1, 0.15) is 5.75 Å². The zero-order chi connectivity index (χ0) is 13.0. The van der Waals surface area contributed by atoms with Crippen molar-refractivity contribution >= 4 is 11.9 Å². The van der Waals surface area contributed by atoms with Gasteiger partial charge in [-0.3, -0.25) is 4.79 Å². The molecule has 1 fully saturated rings. The van der Waals surface area contributed by atoms with E-state index in [9.17, 15) is 9.90 Å². The van der Waals surface area contributed by atoms with Gasteiger partial charge < -0.3 is 9.84 Å². The quantitative estimate of drug-likeness (QED) is 0.833. The number of ketones is 1. The van der Waals surface area contributed by atoms with E-state index < -0.39 is 0 Å². The highest BCUT2D eigenvalue weighted by molar-refractivity contribution is 6.00. The molecule has 1 atom stereocenters. The van der Waals surface area contributed by atoms with Gasteiger partial charge in [-0.2, -0.15) is 0 Å². The minimum atomic E-state index is -0.00616. The molecule has 3 heteroatoms. The van der Waals surface area contributed by atoms with Gasteiger partial charge in [0.2, 0.25) is 0 Å². The lowest BCUT2D eigenvalue weighted by molar-refractivity contribution is -0.117. The fourth-order valence-electron chi connectivity index (χ4n) is 2.30. The molecule has 0 aliphatic heterocycles. The fourth-order valence-corrected chi connectivity index (χ4v) is 2.30. The number of aliphatic hydroxyl groups excluding tert-OH is 1. The Labute approximate surface area is 107 Å². The molecule has 2 rings (SSSR count). The standard InChI is InChI=1S/C15H18O3/c1-18-13-7-5-11(6-8-13)9-14-12(10-16)3-2-4-15(14)17/h5-9,12,16H,2-4,10H2,1H3/b14-9-. The Kier molecular flexibility index (Phi) is 4.15. The molecular formula is C15H18O3. The van der Waals surface area contributed by atoms with Crippen LogP contribution in [0.4, 0.5) is 0 Å². The number of hydrogen-bond acceptors (Lipinski definition) is 3. The monoisotopic (exact) mass is 246 g/mol. The lowest BCUT2D eigenvalue weighted by Gasteiger charge is -2.22. The summed E-state index contributed by atoms with van der Waals surface area (Å²) in [5, 5.41) is 9.33. The summed E-state index contributed by atoms with van der Waals surface area (Å²) in [5.74, 6) is 0.954. The van der Waals surface area contributed by atoms with E-state index in [-0.39, 0.29) is 18.3 Å². The predicted octanol–water partition coefficient (Wildman–Crippen LogP) is 2.44. The number of methoxy groups -OCH3 is 1. The van der Waals surface area contributed by atoms with E-state index in [0.29, 0.717) is 6.42 Å². The van der Waals surface area contributed by atoms with Crippen LogP contribution in [0.3, 0.4) is 0 Å². The highest BCUT2D eigenvalue weighted by atomic mass is 16.5. The molecule has 1 aromatic rings. The summed E-state index contributed by atoms with van der Waals surface area (Å²) >= 11 is 0. The first-order valence-corrected chi connectivity index (χ1v) is 6.24. The first kappa shape index (κ1) is 12.8. The molecule has 0 bridgehead atoms. The molecule has 3 nitrogen and oxygen atoms in total. The molecule has 1 unspecified atom stereocenters. The Bertz CT molecular complexity index is 445. The molecule has 96 valence electrons. The van der Waals surface area contributed by atoms with Crippen LogP contribution in [0.25, 0.3) is 6.08 Å². The van der Waals surface area contributed by atoms with E-state index in [1.165, 1.54) is 0 Å². The van der Waals surface area contributed by atoms with Crippen molar-refractivity contribution in [2.75, 3.05) is 13.7 Å². The van der Waals surface area contributed by atoms with Gasteiger partial charge >= 0.3 is 0 Å². The number of aliphatic hydroxyl groups is 1. The highest BCUT2D eigenvalue weighted by Crippen LogP contribution is 2.28. The van der Waals surface area contributed by atoms with Crippen LogP contribution in [0.2, 0.25) is 0 Å². The summed E-state index contributed by atoms with van der Waals surface area (Å²) in [6.45, 7) is 0.0493. The van der Waals surface area contributed by atoms with Gasteiger partial charge in [0.25, 0.3) is 0 Å². The Morgan fingerprint density at radius 2 is 2.11 bits per heavy atom. The summed E-state index contributed by atoms with van der Waals surface area (Å²) in [6.07, 6.45) is 4.26. The molecule has 1 N–H and O–H groups in total. The van der Waals surface area contributed by atoms with Crippen molar-refractivity contribution in [3.63, 3.8) is 0 Å². The van der Waals surface area contributed by atoms with Crippen molar-refractivity contribution in [2.24, 2.45) is 5.92 Å². The van der Waals surface area contributed by atoms with Gasteiger partial charge in [0.05, 0.1) is 13.7 Å². The predicted molar refractivity (Wildman–Crippen MR) is 70.4 cm³/mol. The van der Waals surface area contributed by atoms with Crippen LogP contribution >= 0.6 is 0 Å². The SMILES string of the molecule is COc1ccc(/C=C2\C(=O)CCCC2CO)cc1. The van der Waals surface area contributed by atoms with Crippen molar-refractivity contribution in [1.29, 1.82) is 0 Å². The minimum absolute atomic E-state index is 0.00616. The van der Waals surface area contributed by atoms with E-state index in [4.69, 9.17) is 4.74 Å². The summed E-state index contributed by atoms with van der Waals surface area (Å²) in [6, 6.07) is 7.58. The Morgan fingerprint density at radius 1 is 1.39 bits per heavy atom. The molecule has 0 aromatic heterocycles. The molecular weight excluding hydrogens is 228 g/mol. The van der Waals surface area contributed by atoms with Crippen molar-refractivity contribution in [1.82, 2.24) is 0 Å². The lowest BCUT2D eigenvalue weighted by Crippen LogP contribution is -2.21. The summed E-state index contributed by atoms with van der Waals surface area (Å²) < 4.78 is 5.09. The Hall–Kier alpha value is -1.61. The van der Waals surface area contributed by atoms with Gasteiger partial charge in [-0.25, -0.2) is 0 Å². The topological polar surface area (TPSA) is 46.5 Å². The zero-order valence-corrected chi connectivity index (χ0v) is 10.6.